The number of aryl methyl sites for hydroxylation is 2. The summed E-state index contributed by atoms with van der Waals surface area (Å²) in [5.74, 6) is -0.867. The van der Waals surface area contributed by atoms with E-state index in [1.54, 1.807) is 0 Å². The number of aliphatic carboxylic acids is 1. The van der Waals surface area contributed by atoms with E-state index in [2.05, 4.69) is 71.6 Å². The third-order valence-electron chi connectivity index (χ3n) is 6.88. The van der Waals surface area contributed by atoms with Crippen LogP contribution in [0.5, 0.6) is 0 Å². The van der Waals surface area contributed by atoms with E-state index in [9.17, 15) is 9.90 Å². The fourth-order valence-corrected chi connectivity index (χ4v) is 5.23. The Bertz CT molecular complexity index is 1150. The van der Waals surface area contributed by atoms with Gasteiger partial charge in [0.25, 0.3) is 0 Å². The number of rotatable bonds is 4. The predicted octanol–water partition coefficient (Wildman–Crippen LogP) is 5.56. The third kappa shape index (κ3) is 4.15. The van der Waals surface area contributed by atoms with E-state index in [1.165, 1.54) is 38.6 Å². The first-order chi connectivity index (χ1) is 15.2. The zero-order valence-corrected chi connectivity index (χ0v) is 17.9. The number of benzene rings is 3. The maximum Gasteiger partial charge on any atom is 0.307 e. The number of carboxylic acids is 1. The number of hydrogen-bond donors (Lipinski definition) is 1. The Hall–Kier alpha value is -2.91. The van der Waals surface area contributed by atoms with Crippen LogP contribution in [0.1, 0.15) is 41.5 Å². The van der Waals surface area contributed by atoms with Crippen LogP contribution in [-0.2, 0) is 17.6 Å². The van der Waals surface area contributed by atoms with Crippen molar-refractivity contribution in [2.75, 3.05) is 19.6 Å². The summed E-state index contributed by atoms with van der Waals surface area (Å²) in [5, 5.41) is 12.0. The number of nitrogens with zero attached hydrogens (tertiary/aromatic N) is 1. The molecule has 1 unspecified atom stereocenters. The molecule has 3 aromatic rings. The average Bonchev–Trinajstić information content (AvgIpc) is 2.95. The van der Waals surface area contributed by atoms with Crippen molar-refractivity contribution in [3.05, 3.63) is 89.0 Å². The van der Waals surface area contributed by atoms with Crippen LogP contribution in [0, 0.1) is 5.92 Å². The van der Waals surface area contributed by atoms with Crippen molar-refractivity contribution in [1.82, 2.24) is 4.90 Å². The van der Waals surface area contributed by atoms with E-state index in [0.29, 0.717) is 6.54 Å². The molecule has 0 amide bonds. The van der Waals surface area contributed by atoms with Crippen molar-refractivity contribution >= 4 is 22.3 Å². The first-order valence-corrected chi connectivity index (χ1v) is 11.4. The van der Waals surface area contributed by atoms with Gasteiger partial charge < -0.3 is 10.0 Å². The van der Waals surface area contributed by atoms with Gasteiger partial charge in [0.15, 0.2) is 0 Å². The zero-order chi connectivity index (χ0) is 21.2. The van der Waals surface area contributed by atoms with Crippen molar-refractivity contribution in [1.29, 1.82) is 0 Å². The van der Waals surface area contributed by atoms with Crippen LogP contribution in [0.4, 0.5) is 0 Å². The summed E-state index contributed by atoms with van der Waals surface area (Å²) in [6.45, 7) is 2.60. The highest BCUT2D eigenvalue weighted by molar-refractivity contribution is 5.92. The lowest BCUT2D eigenvalue weighted by atomic mass is 9.91. The monoisotopic (exact) mass is 411 g/mol. The Balaban J connectivity index is 1.48. The number of carbonyl (C=O) groups is 1. The molecular formula is C28H29NO2. The van der Waals surface area contributed by atoms with E-state index >= 15 is 0 Å². The van der Waals surface area contributed by atoms with Crippen molar-refractivity contribution in [3.63, 3.8) is 0 Å². The van der Waals surface area contributed by atoms with Gasteiger partial charge in [0.05, 0.1) is 5.92 Å². The van der Waals surface area contributed by atoms with Gasteiger partial charge in [-0.25, -0.2) is 0 Å². The summed E-state index contributed by atoms with van der Waals surface area (Å²) in [7, 11) is 0. The summed E-state index contributed by atoms with van der Waals surface area (Å²) in [4.78, 5) is 13.7. The van der Waals surface area contributed by atoms with Gasteiger partial charge in [-0.05, 0) is 83.3 Å². The van der Waals surface area contributed by atoms with Gasteiger partial charge in [-0.3, -0.25) is 4.79 Å². The van der Waals surface area contributed by atoms with E-state index in [0.717, 1.165) is 45.2 Å². The quantitative estimate of drug-likeness (QED) is 0.611. The van der Waals surface area contributed by atoms with Crippen LogP contribution < -0.4 is 0 Å². The highest BCUT2D eigenvalue weighted by atomic mass is 16.4. The molecule has 1 aliphatic carbocycles. The lowest BCUT2D eigenvalue weighted by Gasteiger charge is -2.30. The molecule has 0 saturated carbocycles. The molecule has 2 aliphatic rings. The zero-order valence-electron chi connectivity index (χ0n) is 17.9. The topological polar surface area (TPSA) is 40.5 Å². The van der Waals surface area contributed by atoms with Crippen LogP contribution >= 0.6 is 0 Å². The Morgan fingerprint density at radius 2 is 1.71 bits per heavy atom. The van der Waals surface area contributed by atoms with Crippen molar-refractivity contribution in [2.24, 2.45) is 5.92 Å². The molecule has 0 aromatic heterocycles. The van der Waals surface area contributed by atoms with Crippen LogP contribution in [0.3, 0.4) is 0 Å². The second-order valence-electron chi connectivity index (χ2n) is 8.90. The summed E-state index contributed by atoms with van der Waals surface area (Å²) >= 11 is 0. The van der Waals surface area contributed by atoms with Gasteiger partial charge in [0, 0.05) is 13.1 Å². The van der Waals surface area contributed by atoms with Crippen molar-refractivity contribution < 1.29 is 9.90 Å². The Labute approximate surface area is 184 Å². The van der Waals surface area contributed by atoms with Crippen LogP contribution in [-0.4, -0.2) is 35.6 Å². The Morgan fingerprint density at radius 1 is 0.968 bits per heavy atom. The van der Waals surface area contributed by atoms with Crippen LogP contribution in [0.25, 0.3) is 16.3 Å². The van der Waals surface area contributed by atoms with Gasteiger partial charge in [0.2, 0.25) is 0 Å². The maximum absolute atomic E-state index is 11.4. The average molecular weight is 412 g/mol. The lowest BCUT2D eigenvalue weighted by molar-refractivity contribution is -0.143. The second-order valence-corrected chi connectivity index (χ2v) is 8.90. The number of likely N-dealkylation sites (tertiary alicyclic amines) is 1. The summed E-state index contributed by atoms with van der Waals surface area (Å²) < 4.78 is 0. The minimum Gasteiger partial charge on any atom is -0.481 e. The van der Waals surface area contributed by atoms with E-state index in [-0.39, 0.29) is 5.92 Å². The van der Waals surface area contributed by atoms with Gasteiger partial charge in [-0.1, -0.05) is 60.7 Å². The minimum atomic E-state index is -0.651. The molecule has 1 fully saturated rings. The molecule has 158 valence electrons. The van der Waals surface area contributed by atoms with E-state index in [1.807, 2.05) is 0 Å². The molecule has 1 saturated heterocycles. The molecule has 1 N–H and O–H groups in total. The van der Waals surface area contributed by atoms with Crippen LogP contribution in [0.15, 0.2) is 66.7 Å². The Kier molecular flexibility index (Phi) is 5.61. The highest BCUT2D eigenvalue weighted by Gasteiger charge is 2.25. The van der Waals surface area contributed by atoms with Gasteiger partial charge in [-0.15, -0.1) is 0 Å². The molecule has 0 spiro atoms. The molecule has 3 heteroatoms. The lowest BCUT2D eigenvalue weighted by Crippen LogP contribution is -2.39. The number of hydrogen-bond acceptors (Lipinski definition) is 2. The number of carboxylic acid groups (broad SMARTS) is 1. The Morgan fingerprint density at radius 3 is 2.55 bits per heavy atom. The first-order valence-electron chi connectivity index (χ1n) is 11.4. The number of piperidine rings is 1. The molecule has 1 heterocycles. The molecular weight excluding hydrogens is 382 g/mol. The minimum absolute atomic E-state index is 0.216. The standard InChI is InChI=1S/C28H29NO2/c30-28(31)24-10-5-15-29(19-24)16-6-12-26-25-11-4-3-7-20(25)13-14-23-17-21-8-1-2-9-22(21)18-27(23)26/h1-4,7-9,11-12,17-18,24H,5-6,10,13-16,19H2,(H,30,31)/b26-12+. The highest BCUT2D eigenvalue weighted by Crippen LogP contribution is 2.36. The van der Waals surface area contributed by atoms with Crippen molar-refractivity contribution in [2.45, 2.75) is 32.1 Å². The second kappa shape index (κ2) is 8.68. The van der Waals surface area contributed by atoms with Gasteiger partial charge in [-0.2, -0.15) is 0 Å². The maximum atomic E-state index is 11.4. The number of fused-ring (bicyclic) bond motifs is 3. The fourth-order valence-electron chi connectivity index (χ4n) is 5.23. The smallest absolute Gasteiger partial charge is 0.307 e. The molecule has 3 nitrogen and oxygen atoms in total. The van der Waals surface area contributed by atoms with Gasteiger partial charge >= 0.3 is 5.97 Å². The molecule has 0 radical (unpaired) electrons. The normalized spacial score (nSPS) is 20.3. The third-order valence-corrected chi connectivity index (χ3v) is 6.88. The fraction of sp³-hybridized carbons (Fsp3) is 0.321. The SMILES string of the molecule is O=C(O)C1CCCN(CC/C=C2\c3ccccc3CCc3cc4ccccc4cc32)C1. The van der Waals surface area contributed by atoms with Crippen LogP contribution in [0.2, 0.25) is 0 Å². The molecule has 5 rings (SSSR count). The van der Waals surface area contributed by atoms with Gasteiger partial charge in [0.1, 0.15) is 0 Å². The molecule has 0 bridgehead atoms. The summed E-state index contributed by atoms with van der Waals surface area (Å²) in [6.07, 6.45) is 7.22. The summed E-state index contributed by atoms with van der Waals surface area (Å²) in [6, 6.07) is 22.1. The van der Waals surface area contributed by atoms with Crippen molar-refractivity contribution in [3.8, 4) is 0 Å². The molecule has 1 aliphatic heterocycles. The van der Waals surface area contributed by atoms with E-state index in [4.69, 9.17) is 0 Å². The van der Waals surface area contributed by atoms with E-state index < -0.39 is 5.97 Å². The summed E-state index contributed by atoms with van der Waals surface area (Å²) in [5.41, 5.74) is 6.87. The predicted molar refractivity (Wildman–Crippen MR) is 126 cm³/mol. The largest absolute Gasteiger partial charge is 0.481 e. The molecule has 1 atom stereocenters. The first kappa shape index (κ1) is 20.0. The molecule has 31 heavy (non-hydrogen) atoms. The molecule has 3 aromatic carbocycles.